The summed E-state index contributed by atoms with van der Waals surface area (Å²) in [7, 11) is 0. The lowest BCUT2D eigenvalue weighted by molar-refractivity contribution is -0.117. The van der Waals surface area contributed by atoms with Gasteiger partial charge in [-0.1, -0.05) is 42.5 Å². The average Bonchev–Trinajstić information content (AvgIpc) is 3.11. The van der Waals surface area contributed by atoms with Gasteiger partial charge in [0.1, 0.15) is 5.00 Å². The van der Waals surface area contributed by atoms with Gasteiger partial charge in [0.05, 0.1) is 23.6 Å². The third-order valence-corrected chi connectivity index (χ3v) is 6.63. The van der Waals surface area contributed by atoms with Crippen LogP contribution in [0, 0.1) is 6.92 Å². The van der Waals surface area contributed by atoms with Gasteiger partial charge in [0.25, 0.3) is 5.91 Å². The topological polar surface area (TPSA) is 105 Å². The highest BCUT2D eigenvalue weighted by atomic mass is 32.1. The van der Waals surface area contributed by atoms with Crippen molar-refractivity contribution in [1.82, 2.24) is 9.80 Å². The predicted molar refractivity (Wildman–Crippen MR) is 131 cm³/mol. The smallest absolute Gasteiger partial charge is 0.341 e. The highest BCUT2D eigenvalue weighted by molar-refractivity contribution is 7.18. The Morgan fingerprint density at radius 3 is 2.42 bits per heavy atom. The van der Waals surface area contributed by atoms with Crippen molar-refractivity contribution in [2.45, 2.75) is 13.8 Å². The van der Waals surface area contributed by atoms with Crippen LogP contribution in [0.5, 0.6) is 0 Å². The number of carbonyl (C=O) groups is 3. The number of nitrogens with two attached hydrogens (primary N) is 1. The van der Waals surface area contributed by atoms with E-state index in [2.05, 4.69) is 39.4 Å². The van der Waals surface area contributed by atoms with Gasteiger partial charge < -0.3 is 15.8 Å². The molecule has 1 saturated heterocycles. The molecule has 3 rings (SSSR count). The van der Waals surface area contributed by atoms with Crippen LogP contribution in [0.1, 0.15) is 38.1 Å². The standard InChI is InChI=1S/C24H30N4O4S/c1-3-32-24(31)20-17(2)21(22(25)30)33-23(20)26-19(29)16-28-14-12-27(13-15-28)11-7-10-18-8-5-4-6-9-18/h4-10H,3,11-16H2,1-2H3,(H2,25,30)(H,26,29)/b10-7+. The molecule has 1 aromatic heterocycles. The van der Waals surface area contributed by atoms with Gasteiger partial charge in [-0.05, 0) is 25.0 Å². The van der Waals surface area contributed by atoms with E-state index in [1.54, 1.807) is 13.8 Å². The van der Waals surface area contributed by atoms with E-state index in [9.17, 15) is 14.4 Å². The summed E-state index contributed by atoms with van der Waals surface area (Å²) in [5.74, 6) is -1.46. The second-order valence-corrected chi connectivity index (χ2v) is 8.80. The molecule has 0 saturated carbocycles. The average molecular weight is 471 g/mol. The molecule has 3 N–H and O–H groups in total. The molecule has 0 radical (unpaired) electrons. The lowest BCUT2D eigenvalue weighted by Crippen LogP contribution is -2.48. The first kappa shape index (κ1) is 24.6. The Hall–Kier alpha value is -3.01. The Morgan fingerprint density at radius 2 is 1.79 bits per heavy atom. The van der Waals surface area contributed by atoms with Crippen molar-refractivity contribution in [2.24, 2.45) is 5.73 Å². The molecule has 33 heavy (non-hydrogen) atoms. The summed E-state index contributed by atoms with van der Waals surface area (Å²) in [6.45, 7) is 7.86. The molecular formula is C24H30N4O4S. The maximum absolute atomic E-state index is 12.7. The van der Waals surface area contributed by atoms with Crippen LogP contribution in [0.2, 0.25) is 0 Å². The third-order valence-electron chi connectivity index (χ3n) is 5.41. The number of hydrogen-bond acceptors (Lipinski definition) is 7. The summed E-state index contributed by atoms with van der Waals surface area (Å²) in [6, 6.07) is 10.2. The van der Waals surface area contributed by atoms with Gasteiger partial charge in [0, 0.05) is 32.7 Å². The van der Waals surface area contributed by atoms with Crippen molar-refractivity contribution in [1.29, 1.82) is 0 Å². The SMILES string of the molecule is CCOC(=O)c1c(NC(=O)CN2CCN(C/C=C/c3ccccc3)CC2)sc(C(N)=O)c1C. The molecule has 176 valence electrons. The monoisotopic (exact) mass is 470 g/mol. The molecule has 0 spiro atoms. The summed E-state index contributed by atoms with van der Waals surface area (Å²) in [6.07, 6.45) is 4.27. The number of amides is 2. The van der Waals surface area contributed by atoms with Crippen LogP contribution >= 0.6 is 11.3 Å². The molecule has 1 aliphatic rings. The molecular weight excluding hydrogens is 440 g/mol. The molecule has 9 heteroatoms. The normalized spacial score (nSPS) is 15.0. The molecule has 8 nitrogen and oxygen atoms in total. The third kappa shape index (κ3) is 6.74. The Labute approximate surface area is 198 Å². The first-order valence-electron chi connectivity index (χ1n) is 11.0. The Bertz CT molecular complexity index is 1010. The van der Waals surface area contributed by atoms with Crippen molar-refractivity contribution < 1.29 is 19.1 Å². The Morgan fingerprint density at radius 1 is 1.12 bits per heavy atom. The second kappa shape index (κ2) is 11.7. The quantitative estimate of drug-likeness (QED) is 0.546. The van der Waals surface area contributed by atoms with E-state index in [0.29, 0.717) is 10.6 Å². The van der Waals surface area contributed by atoms with E-state index in [0.717, 1.165) is 44.1 Å². The largest absolute Gasteiger partial charge is 0.462 e. The van der Waals surface area contributed by atoms with Crippen molar-refractivity contribution in [2.75, 3.05) is 51.2 Å². The van der Waals surface area contributed by atoms with E-state index >= 15 is 0 Å². The lowest BCUT2D eigenvalue weighted by atomic mass is 10.1. The number of esters is 1. The number of primary amides is 1. The number of nitrogens with one attached hydrogen (secondary N) is 1. The van der Waals surface area contributed by atoms with Crippen LogP contribution < -0.4 is 11.1 Å². The van der Waals surface area contributed by atoms with E-state index in [1.165, 1.54) is 5.56 Å². The number of carbonyl (C=O) groups excluding carboxylic acids is 3. The van der Waals surface area contributed by atoms with Crippen LogP contribution in [-0.2, 0) is 9.53 Å². The van der Waals surface area contributed by atoms with Crippen LogP contribution in [-0.4, -0.2) is 73.5 Å². The number of thiophene rings is 1. The molecule has 0 atom stereocenters. The minimum absolute atomic E-state index is 0.193. The summed E-state index contributed by atoms with van der Waals surface area (Å²) >= 11 is 1.00. The highest BCUT2D eigenvalue weighted by Crippen LogP contribution is 2.33. The second-order valence-electron chi connectivity index (χ2n) is 7.78. The van der Waals surface area contributed by atoms with Crippen LogP contribution in [0.3, 0.4) is 0 Å². The summed E-state index contributed by atoms with van der Waals surface area (Å²) in [5.41, 5.74) is 7.22. The van der Waals surface area contributed by atoms with Crippen molar-refractivity contribution in [3.8, 4) is 0 Å². The number of rotatable bonds is 9. The summed E-state index contributed by atoms with van der Waals surface area (Å²) in [5, 5.41) is 3.08. The first-order valence-corrected chi connectivity index (χ1v) is 11.8. The fourth-order valence-corrected chi connectivity index (χ4v) is 4.75. The molecule has 0 bridgehead atoms. The fraction of sp³-hybridized carbons (Fsp3) is 0.375. The van der Waals surface area contributed by atoms with Gasteiger partial charge in [-0.3, -0.25) is 19.4 Å². The van der Waals surface area contributed by atoms with Crippen molar-refractivity contribution in [3.63, 3.8) is 0 Å². The zero-order chi connectivity index (χ0) is 23.8. The Balaban J connectivity index is 1.52. The molecule has 2 heterocycles. The van der Waals surface area contributed by atoms with Crippen molar-refractivity contribution >= 4 is 40.2 Å². The van der Waals surface area contributed by atoms with Gasteiger partial charge in [0.15, 0.2) is 0 Å². The van der Waals surface area contributed by atoms with E-state index < -0.39 is 11.9 Å². The molecule has 1 aromatic carbocycles. The molecule has 1 aliphatic heterocycles. The molecule has 0 unspecified atom stereocenters. The molecule has 2 aromatic rings. The van der Waals surface area contributed by atoms with Gasteiger partial charge in [0.2, 0.25) is 5.91 Å². The number of hydrogen-bond donors (Lipinski definition) is 2. The maximum Gasteiger partial charge on any atom is 0.341 e. The number of ether oxygens (including phenoxy) is 1. The zero-order valence-corrected chi connectivity index (χ0v) is 19.8. The minimum Gasteiger partial charge on any atom is -0.462 e. The number of piperazine rings is 1. The van der Waals surface area contributed by atoms with Gasteiger partial charge in [-0.15, -0.1) is 11.3 Å². The van der Waals surface area contributed by atoms with Gasteiger partial charge in [-0.25, -0.2) is 4.79 Å². The van der Waals surface area contributed by atoms with E-state index in [-0.39, 0.29) is 29.5 Å². The minimum atomic E-state index is -0.638. The van der Waals surface area contributed by atoms with Gasteiger partial charge >= 0.3 is 5.97 Å². The summed E-state index contributed by atoms with van der Waals surface area (Å²) < 4.78 is 5.09. The van der Waals surface area contributed by atoms with Crippen LogP contribution in [0.15, 0.2) is 36.4 Å². The van der Waals surface area contributed by atoms with E-state index in [4.69, 9.17) is 10.5 Å². The zero-order valence-electron chi connectivity index (χ0n) is 19.0. The molecule has 1 fully saturated rings. The number of nitrogens with zero attached hydrogens (tertiary/aromatic N) is 2. The molecule has 2 amide bonds. The van der Waals surface area contributed by atoms with Crippen LogP contribution in [0.4, 0.5) is 5.00 Å². The van der Waals surface area contributed by atoms with Crippen LogP contribution in [0.25, 0.3) is 6.08 Å². The first-order chi connectivity index (χ1) is 15.9. The Kier molecular flexibility index (Phi) is 8.76. The number of benzene rings is 1. The lowest BCUT2D eigenvalue weighted by Gasteiger charge is -2.33. The predicted octanol–water partition coefficient (Wildman–Crippen LogP) is 2.60. The molecule has 0 aliphatic carbocycles. The highest BCUT2D eigenvalue weighted by Gasteiger charge is 2.26. The van der Waals surface area contributed by atoms with Gasteiger partial charge in [-0.2, -0.15) is 0 Å². The fourth-order valence-electron chi connectivity index (χ4n) is 3.69. The van der Waals surface area contributed by atoms with Crippen molar-refractivity contribution in [3.05, 3.63) is 58.0 Å². The number of anilines is 1. The van der Waals surface area contributed by atoms with E-state index in [1.807, 2.05) is 18.2 Å². The maximum atomic E-state index is 12.7. The summed E-state index contributed by atoms with van der Waals surface area (Å²) in [4.78, 5) is 41.4.